The van der Waals surface area contributed by atoms with Crippen LogP contribution in [0.1, 0.15) is 30.3 Å². The number of ether oxygens (including phenoxy) is 1. The predicted octanol–water partition coefficient (Wildman–Crippen LogP) is 4.11. The number of likely N-dealkylation sites (tertiary alicyclic amines) is 1. The summed E-state index contributed by atoms with van der Waals surface area (Å²) in [4.78, 5) is 29.5. The highest BCUT2D eigenvalue weighted by Crippen LogP contribution is 2.36. The molecule has 1 aliphatic heterocycles. The molecule has 0 atom stereocenters. The molecule has 0 aromatic carbocycles. The van der Waals surface area contributed by atoms with Gasteiger partial charge in [0.05, 0.1) is 15.1 Å². The van der Waals surface area contributed by atoms with Crippen molar-refractivity contribution in [2.24, 2.45) is 5.92 Å². The summed E-state index contributed by atoms with van der Waals surface area (Å²) in [6.07, 6.45) is 1.88. The van der Waals surface area contributed by atoms with E-state index < -0.39 is 5.97 Å². The molecule has 0 unspecified atom stereocenters. The van der Waals surface area contributed by atoms with Crippen molar-refractivity contribution in [3.8, 4) is 0 Å². The van der Waals surface area contributed by atoms with E-state index in [1.807, 2.05) is 0 Å². The number of halogens is 4. The van der Waals surface area contributed by atoms with Crippen molar-refractivity contribution in [1.29, 1.82) is 0 Å². The second kappa shape index (κ2) is 7.88. The van der Waals surface area contributed by atoms with Crippen LogP contribution in [0.15, 0.2) is 0 Å². The van der Waals surface area contributed by atoms with Crippen molar-refractivity contribution in [1.82, 2.24) is 9.88 Å². The van der Waals surface area contributed by atoms with E-state index >= 15 is 0 Å². The maximum absolute atomic E-state index is 12.0. The first-order valence-corrected chi connectivity index (χ1v) is 8.47. The summed E-state index contributed by atoms with van der Waals surface area (Å²) in [5.41, 5.74) is -0.272. The van der Waals surface area contributed by atoms with E-state index in [0.29, 0.717) is 19.0 Å². The zero-order valence-electron chi connectivity index (χ0n) is 12.2. The topological polar surface area (TPSA) is 59.5 Å². The number of carbonyl (C=O) groups is 2. The van der Waals surface area contributed by atoms with Crippen molar-refractivity contribution in [3.05, 3.63) is 25.9 Å². The first-order valence-electron chi connectivity index (χ1n) is 6.96. The second-order valence-electron chi connectivity index (χ2n) is 5.33. The number of nitrogens with zero attached hydrogens (tertiary/aromatic N) is 2. The quantitative estimate of drug-likeness (QED) is 0.566. The first-order chi connectivity index (χ1) is 10.8. The lowest BCUT2D eigenvalue weighted by Crippen LogP contribution is -2.40. The van der Waals surface area contributed by atoms with E-state index in [-0.39, 0.29) is 38.4 Å². The molecule has 1 aromatic heterocycles. The van der Waals surface area contributed by atoms with Crippen LogP contribution in [-0.2, 0) is 9.53 Å². The highest BCUT2D eigenvalue weighted by Gasteiger charge is 2.24. The Hall–Kier alpha value is -0.750. The Balaban J connectivity index is 1.99. The van der Waals surface area contributed by atoms with Crippen LogP contribution in [-0.4, -0.2) is 41.5 Å². The monoisotopic (exact) mass is 398 g/mol. The lowest BCUT2D eigenvalue weighted by Gasteiger charge is -2.30. The Bertz CT molecular complexity index is 631. The molecule has 2 rings (SSSR count). The third-order valence-corrected chi connectivity index (χ3v) is 5.32. The third-order valence-electron chi connectivity index (χ3n) is 3.64. The average Bonchev–Trinajstić information content (AvgIpc) is 2.54. The van der Waals surface area contributed by atoms with E-state index in [2.05, 4.69) is 11.9 Å². The molecule has 0 bridgehead atoms. The van der Waals surface area contributed by atoms with Crippen LogP contribution < -0.4 is 0 Å². The highest BCUT2D eigenvalue weighted by atomic mass is 35.5. The van der Waals surface area contributed by atoms with Gasteiger partial charge in [-0.3, -0.25) is 4.79 Å². The summed E-state index contributed by atoms with van der Waals surface area (Å²) in [7, 11) is 0. The molecule has 0 spiro atoms. The summed E-state index contributed by atoms with van der Waals surface area (Å²) < 4.78 is 4.96. The van der Waals surface area contributed by atoms with Gasteiger partial charge < -0.3 is 9.64 Å². The van der Waals surface area contributed by atoms with E-state index in [0.717, 1.165) is 12.8 Å². The number of pyridine rings is 1. The van der Waals surface area contributed by atoms with E-state index in [9.17, 15) is 9.59 Å². The van der Waals surface area contributed by atoms with Crippen LogP contribution >= 0.6 is 46.4 Å². The third kappa shape index (κ3) is 4.41. The zero-order valence-corrected chi connectivity index (χ0v) is 15.3. The van der Waals surface area contributed by atoms with Gasteiger partial charge in [-0.1, -0.05) is 53.3 Å². The molecule has 0 N–H and O–H groups in total. The highest BCUT2D eigenvalue weighted by molar-refractivity contribution is 6.52. The van der Waals surface area contributed by atoms with Gasteiger partial charge in [-0.15, -0.1) is 0 Å². The van der Waals surface area contributed by atoms with Gasteiger partial charge in [-0.05, 0) is 18.8 Å². The second-order valence-corrected chi connectivity index (χ2v) is 6.82. The predicted molar refractivity (Wildman–Crippen MR) is 89.5 cm³/mol. The van der Waals surface area contributed by atoms with Crippen molar-refractivity contribution < 1.29 is 14.3 Å². The number of esters is 1. The Kier molecular flexibility index (Phi) is 6.37. The minimum Gasteiger partial charge on any atom is -0.451 e. The molecule has 126 valence electrons. The van der Waals surface area contributed by atoms with Crippen molar-refractivity contribution in [2.75, 3.05) is 19.7 Å². The maximum Gasteiger partial charge on any atom is 0.359 e. The molecule has 2 heterocycles. The fourth-order valence-corrected chi connectivity index (χ4v) is 2.97. The first kappa shape index (κ1) is 18.6. The summed E-state index contributed by atoms with van der Waals surface area (Å²) in [6.45, 7) is 3.08. The Labute approximate surface area is 153 Å². The summed E-state index contributed by atoms with van der Waals surface area (Å²) in [5.74, 6) is -0.537. The number of carbonyl (C=O) groups excluding carboxylic acids is 2. The van der Waals surface area contributed by atoms with E-state index in [1.54, 1.807) is 4.90 Å². The van der Waals surface area contributed by atoms with Gasteiger partial charge in [0.2, 0.25) is 0 Å². The van der Waals surface area contributed by atoms with Gasteiger partial charge >= 0.3 is 5.97 Å². The lowest BCUT2D eigenvalue weighted by atomic mass is 9.99. The number of aromatic nitrogens is 1. The molecular weight excluding hydrogens is 386 g/mol. The maximum atomic E-state index is 12.0. The van der Waals surface area contributed by atoms with Crippen LogP contribution in [0, 0.1) is 5.92 Å². The standard InChI is InChI=1S/C14H14Cl4N2O3/c1-7-2-4-20(5-3-7)8(21)6-23-14(22)12-10(16)9(15)11(17)13(18)19-12/h7H,2-6H2,1H3. The molecule has 1 fully saturated rings. The minimum atomic E-state index is -0.880. The number of hydrogen-bond acceptors (Lipinski definition) is 4. The molecular formula is C14H14Cl4N2O3. The molecule has 1 aromatic rings. The van der Waals surface area contributed by atoms with Crippen LogP contribution in [0.2, 0.25) is 20.2 Å². The SMILES string of the molecule is CC1CCN(C(=O)COC(=O)c2nc(Cl)c(Cl)c(Cl)c2Cl)CC1. The van der Waals surface area contributed by atoms with Gasteiger partial charge in [0, 0.05) is 13.1 Å². The molecule has 0 radical (unpaired) electrons. The van der Waals surface area contributed by atoms with Gasteiger partial charge in [-0.2, -0.15) is 0 Å². The minimum absolute atomic E-state index is 0.0478. The van der Waals surface area contributed by atoms with Crippen LogP contribution in [0.5, 0.6) is 0 Å². The average molecular weight is 400 g/mol. The molecule has 0 saturated carbocycles. The molecule has 1 amide bonds. The van der Waals surface area contributed by atoms with Crippen molar-refractivity contribution >= 4 is 58.3 Å². The lowest BCUT2D eigenvalue weighted by molar-refractivity contribution is -0.135. The Morgan fingerprint density at radius 3 is 2.35 bits per heavy atom. The summed E-state index contributed by atoms with van der Waals surface area (Å²) >= 11 is 23.3. The van der Waals surface area contributed by atoms with Gasteiger partial charge in [0.15, 0.2) is 12.3 Å². The summed E-state index contributed by atoms with van der Waals surface area (Å²) in [6, 6.07) is 0. The number of amides is 1. The smallest absolute Gasteiger partial charge is 0.359 e. The van der Waals surface area contributed by atoms with Crippen molar-refractivity contribution in [3.63, 3.8) is 0 Å². The van der Waals surface area contributed by atoms with Crippen molar-refractivity contribution in [2.45, 2.75) is 19.8 Å². The van der Waals surface area contributed by atoms with Crippen LogP contribution in [0.25, 0.3) is 0 Å². The molecule has 0 aliphatic carbocycles. The molecule has 23 heavy (non-hydrogen) atoms. The zero-order chi connectivity index (χ0) is 17.1. The van der Waals surface area contributed by atoms with E-state index in [1.165, 1.54) is 0 Å². The van der Waals surface area contributed by atoms with Crippen LogP contribution in [0.3, 0.4) is 0 Å². The van der Waals surface area contributed by atoms with E-state index in [4.69, 9.17) is 51.1 Å². The number of hydrogen-bond donors (Lipinski definition) is 0. The normalized spacial score (nSPS) is 15.6. The fourth-order valence-electron chi connectivity index (χ4n) is 2.17. The molecule has 1 saturated heterocycles. The van der Waals surface area contributed by atoms with Gasteiger partial charge in [-0.25, -0.2) is 9.78 Å². The molecule has 1 aliphatic rings. The fraction of sp³-hybridized carbons (Fsp3) is 0.500. The van der Waals surface area contributed by atoms with Crippen LogP contribution in [0.4, 0.5) is 0 Å². The van der Waals surface area contributed by atoms with Gasteiger partial charge in [0.25, 0.3) is 5.91 Å². The molecule has 5 nitrogen and oxygen atoms in total. The Morgan fingerprint density at radius 2 is 1.74 bits per heavy atom. The Morgan fingerprint density at radius 1 is 1.13 bits per heavy atom. The molecule has 9 heteroatoms. The summed E-state index contributed by atoms with van der Waals surface area (Å²) in [5, 5.41) is -0.459. The van der Waals surface area contributed by atoms with Gasteiger partial charge in [0.1, 0.15) is 5.15 Å². The number of piperidine rings is 1. The number of rotatable bonds is 3. The largest absolute Gasteiger partial charge is 0.451 e.